The molecule has 1 saturated heterocycles. The number of piperazine rings is 1. The number of hydrogen-bond donors (Lipinski definition) is 2. The maximum Gasteiger partial charge on any atom is 0.417 e. The minimum Gasteiger partial charge on any atom is -0.360 e. The van der Waals surface area contributed by atoms with E-state index in [1.165, 1.54) is 6.07 Å². The van der Waals surface area contributed by atoms with E-state index in [1.54, 1.807) is 29.2 Å². The molecular formula is C19H23F3N3O2S+. The number of alkyl halides is 3. The van der Waals surface area contributed by atoms with Crippen molar-refractivity contribution in [2.24, 2.45) is 0 Å². The van der Waals surface area contributed by atoms with Crippen molar-refractivity contribution < 1.29 is 26.5 Å². The molecule has 0 unspecified atom stereocenters. The zero-order valence-electron chi connectivity index (χ0n) is 15.5. The molecule has 0 amide bonds. The average molecular weight is 414 g/mol. The number of rotatable bonds is 5. The van der Waals surface area contributed by atoms with Crippen LogP contribution < -0.4 is 14.5 Å². The summed E-state index contributed by atoms with van der Waals surface area (Å²) in [6, 6.07) is 10.9. The fraction of sp³-hybridized carbons (Fsp3) is 0.368. The first-order valence-electron chi connectivity index (χ1n) is 9.08. The van der Waals surface area contributed by atoms with Crippen LogP contribution in [-0.4, -0.2) is 41.1 Å². The zero-order chi connectivity index (χ0) is 20.4. The van der Waals surface area contributed by atoms with Crippen molar-refractivity contribution >= 4 is 21.4 Å². The van der Waals surface area contributed by atoms with Crippen molar-refractivity contribution in [3.63, 3.8) is 0 Å². The first-order valence-corrected chi connectivity index (χ1v) is 10.6. The summed E-state index contributed by atoms with van der Waals surface area (Å²) in [5.74, 6) is 0. The normalized spacial score (nSPS) is 16.2. The number of halogens is 3. The largest absolute Gasteiger partial charge is 0.417 e. The lowest BCUT2D eigenvalue weighted by Crippen LogP contribution is -3.14. The summed E-state index contributed by atoms with van der Waals surface area (Å²) in [7, 11) is -4.36. The lowest BCUT2D eigenvalue weighted by atomic mass is 10.2. The molecule has 0 radical (unpaired) electrons. The number of hydrogen-bond acceptors (Lipinski definition) is 3. The van der Waals surface area contributed by atoms with Gasteiger partial charge in [-0.25, -0.2) is 8.42 Å². The molecule has 0 atom stereocenters. The van der Waals surface area contributed by atoms with E-state index >= 15 is 0 Å². The first kappa shape index (κ1) is 20.5. The number of benzene rings is 2. The highest BCUT2D eigenvalue weighted by atomic mass is 32.2. The summed E-state index contributed by atoms with van der Waals surface area (Å²) >= 11 is 0. The molecule has 1 aliphatic rings. The number of sulfonamides is 1. The Balaban J connectivity index is 1.76. The Labute approximate surface area is 162 Å². The van der Waals surface area contributed by atoms with Crippen LogP contribution in [0.1, 0.15) is 12.5 Å². The second-order valence-electron chi connectivity index (χ2n) is 6.74. The highest BCUT2D eigenvalue weighted by molar-refractivity contribution is 7.92. The Hall–Kier alpha value is -2.26. The van der Waals surface area contributed by atoms with Crippen molar-refractivity contribution in [1.82, 2.24) is 0 Å². The van der Waals surface area contributed by atoms with Gasteiger partial charge in [0.15, 0.2) is 0 Å². The molecule has 0 aromatic heterocycles. The van der Waals surface area contributed by atoms with Gasteiger partial charge in [0.25, 0.3) is 10.0 Å². The highest BCUT2D eigenvalue weighted by Crippen LogP contribution is 2.34. The monoisotopic (exact) mass is 414 g/mol. The Bertz CT molecular complexity index is 907. The van der Waals surface area contributed by atoms with Gasteiger partial charge in [0, 0.05) is 11.4 Å². The molecule has 1 heterocycles. The van der Waals surface area contributed by atoms with Gasteiger partial charge in [-0.3, -0.25) is 4.72 Å². The molecule has 2 N–H and O–H groups in total. The topological polar surface area (TPSA) is 53.9 Å². The minimum absolute atomic E-state index is 0.221. The molecule has 3 rings (SSSR count). The van der Waals surface area contributed by atoms with E-state index in [0.29, 0.717) is 0 Å². The van der Waals surface area contributed by atoms with Crippen LogP contribution >= 0.6 is 0 Å². The second kappa shape index (κ2) is 8.00. The van der Waals surface area contributed by atoms with Crippen LogP contribution in [0.2, 0.25) is 0 Å². The summed E-state index contributed by atoms with van der Waals surface area (Å²) in [5.41, 5.74) is 0.00255. The number of nitrogens with zero attached hydrogens (tertiary/aromatic N) is 1. The van der Waals surface area contributed by atoms with E-state index < -0.39 is 26.7 Å². The fourth-order valence-corrected chi connectivity index (χ4v) is 4.61. The van der Waals surface area contributed by atoms with Gasteiger partial charge in [0.05, 0.1) is 43.2 Å². The quantitative estimate of drug-likeness (QED) is 0.789. The van der Waals surface area contributed by atoms with Crippen molar-refractivity contribution in [3.8, 4) is 0 Å². The smallest absolute Gasteiger partial charge is 0.360 e. The summed E-state index contributed by atoms with van der Waals surface area (Å²) in [4.78, 5) is 2.98. The summed E-state index contributed by atoms with van der Waals surface area (Å²) in [6.45, 7) is 7.15. The number of likely N-dealkylation sites (N-methyl/N-ethyl adjacent to an activating group) is 1. The minimum atomic E-state index is -4.75. The molecule has 5 nitrogen and oxygen atoms in total. The lowest BCUT2D eigenvalue weighted by molar-refractivity contribution is -0.898. The van der Waals surface area contributed by atoms with Crippen LogP contribution in [0.5, 0.6) is 0 Å². The molecule has 0 aliphatic carbocycles. The molecule has 0 saturated carbocycles. The summed E-state index contributed by atoms with van der Waals surface area (Å²) < 4.78 is 66.6. The van der Waals surface area contributed by atoms with Gasteiger partial charge in [0.1, 0.15) is 0 Å². The molecule has 9 heteroatoms. The molecule has 1 aliphatic heterocycles. The van der Waals surface area contributed by atoms with E-state index in [-0.39, 0.29) is 5.69 Å². The molecular weight excluding hydrogens is 391 g/mol. The Morgan fingerprint density at radius 2 is 1.64 bits per heavy atom. The average Bonchev–Trinajstić information content (AvgIpc) is 2.68. The van der Waals surface area contributed by atoms with Crippen LogP contribution in [0.15, 0.2) is 53.4 Å². The molecule has 28 heavy (non-hydrogen) atoms. The number of anilines is 2. The SMILES string of the molecule is CC[NH+]1CCN(c2ccc(NS(=O)(=O)c3ccccc3C(F)(F)F)cc2)CC1. The molecule has 2 aromatic carbocycles. The summed E-state index contributed by atoms with van der Waals surface area (Å²) in [6.07, 6.45) is -4.75. The fourth-order valence-electron chi connectivity index (χ4n) is 3.32. The van der Waals surface area contributed by atoms with Gasteiger partial charge in [0.2, 0.25) is 0 Å². The second-order valence-corrected chi connectivity index (χ2v) is 8.39. The standard InChI is InChI=1S/C19H22F3N3O2S/c1-2-24-11-13-25(14-12-24)16-9-7-15(8-10-16)23-28(26,27)18-6-4-3-5-17(18)19(20,21)22/h3-10,23H,2,11-14H2,1H3/p+1. The van der Waals surface area contributed by atoms with Crippen LogP contribution in [0, 0.1) is 0 Å². The third kappa shape index (κ3) is 4.59. The van der Waals surface area contributed by atoms with Crippen LogP contribution in [0.4, 0.5) is 24.5 Å². The Kier molecular flexibility index (Phi) is 5.85. The van der Waals surface area contributed by atoms with Crippen LogP contribution in [0.3, 0.4) is 0 Å². The van der Waals surface area contributed by atoms with E-state index in [0.717, 1.165) is 56.6 Å². The van der Waals surface area contributed by atoms with E-state index in [2.05, 4.69) is 16.5 Å². The number of quaternary nitrogens is 1. The molecule has 0 spiro atoms. The Morgan fingerprint density at radius 1 is 1.04 bits per heavy atom. The van der Waals surface area contributed by atoms with Crippen molar-refractivity contribution in [3.05, 3.63) is 54.1 Å². The van der Waals surface area contributed by atoms with Gasteiger partial charge < -0.3 is 9.80 Å². The number of nitrogens with one attached hydrogen (secondary N) is 2. The van der Waals surface area contributed by atoms with E-state index in [4.69, 9.17) is 0 Å². The molecule has 1 fully saturated rings. The van der Waals surface area contributed by atoms with Crippen LogP contribution in [-0.2, 0) is 16.2 Å². The van der Waals surface area contributed by atoms with Crippen LogP contribution in [0.25, 0.3) is 0 Å². The maximum absolute atomic E-state index is 13.1. The van der Waals surface area contributed by atoms with Gasteiger partial charge in [-0.1, -0.05) is 12.1 Å². The molecule has 0 bridgehead atoms. The maximum atomic E-state index is 13.1. The predicted molar refractivity (Wildman–Crippen MR) is 102 cm³/mol. The lowest BCUT2D eigenvalue weighted by Gasteiger charge is -2.33. The van der Waals surface area contributed by atoms with Crippen molar-refractivity contribution in [2.45, 2.75) is 18.0 Å². The highest BCUT2D eigenvalue weighted by Gasteiger charge is 2.36. The predicted octanol–water partition coefficient (Wildman–Crippen LogP) is 2.23. The van der Waals surface area contributed by atoms with Crippen molar-refractivity contribution in [2.75, 3.05) is 42.3 Å². The molecule has 152 valence electrons. The zero-order valence-corrected chi connectivity index (χ0v) is 16.3. The van der Waals surface area contributed by atoms with Crippen molar-refractivity contribution in [1.29, 1.82) is 0 Å². The van der Waals surface area contributed by atoms with Gasteiger partial charge in [-0.2, -0.15) is 13.2 Å². The summed E-state index contributed by atoms with van der Waals surface area (Å²) in [5, 5.41) is 0. The van der Waals surface area contributed by atoms with Gasteiger partial charge >= 0.3 is 6.18 Å². The third-order valence-electron chi connectivity index (χ3n) is 4.94. The van der Waals surface area contributed by atoms with Gasteiger partial charge in [-0.15, -0.1) is 0 Å². The third-order valence-corrected chi connectivity index (χ3v) is 6.38. The first-order chi connectivity index (χ1) is 13.2. The van der Waals surface area contributed by atoms with Gasteiger partial charge in [-0.05, 0) is 43.3 Å². The Morgan fingerprint density at radius 3 is 2.21 bits per heavy atom. The van der Waals surface area contributed by atoms with E-state index in [1.807, 2.05) is 0 Å². The molecule has 2 aromatic rings. The van der Waals surface area contributed by atoms with E-state index in [9.17, 15) is 21.6 Å².